The number of carbonyl (C=O) groups is 2. The molecule has 1 N–H and O–H groups in total. The zero-order chi connectivity index (χ0) is 24.7. The Morgan fingerprint density at radius 1 is 0.943 bits per heavy atom. The van der Waals surface area contributed by atoms with Crippen molar-refractivity contribution in [2.75, 3.05) is 33.2 Å². The zero-order valence-corrected chi connectivity index (χ0v) is 20.4. The lowest BCUT2D eigenvalue weighted by molar-refractivity contribution is -0.119. The largest absolute Gasteiger partial charge is 0.495 e. The fraction of sp³-hybridized carbons (Fsp3) is 0.259. The Balaban J connectivity index is 1.66. The van der Waals surface area contributed by atoms with Gasteiger partial charge in [-0.2, -0.15) is 0 Å². The van der Waals surface area contributed by atoms with Crippen LogP contribution in [0.2, 0.25) is 5.02 Å². The van der Waals surface area contributed by atoms with Crippen molar-refractivity contribution >= 4 is 29.1 Å². The molecular formula is C27H25ClN2O5. The minimum absolute atomic E-state index is 0.0876. The van der Waals surface area contributed by atoms with Gasteiger partial charge in [0.25, 0.3) is 5.91 Å². The molecule has 35 heavy (non-hydrogen) atoms. The SMILES string of the molecule is COc1ccc(Cl)cc1NC(=O)[C@@H]1c2ccccc2C(=O)N2CCc3cc(OC)c(OC)cc3[C@@H]12. The summed E-state index contributed by atoms with van der Waals surface area (Å²) in [6, 6.07) is 15.6. The average molecular weight is 493 g/mol. The van der Waals surface area contributed by atoms with Crippen molar-refractivity contribution in [2.24, 2.45) is 0 Å². The van der Waals surface area contributed by atoms with E-state index in [1.54, 1.807) is 43.4 Å². The molecule has 5 rings (SSSR count). The third-order valence-corrected chi connectivity index (χ3v) is 6.96. The van der Waals surface area contributed by atoms with E-state index in [1.807, 2.05) is 30.3 Å². The highest BCUT2D eigenvalue weighted by atomic mass is 35.5. The molecule has 0 radical (unpaired) electrons. The number of halogens is 1. The van der Waals surface area contributed by atoms with E-state index in [2.05, 4.69) is 5.32 Å². The molecule has 2 atom stereocenters. The smallest absolute Gasteiger partial charge is 0.254 e. The van der Waals surface area contributed by atoms with E-state index in [0.717, 1.165) is 11.1 Å². The van der Waals surface area contributed by atoms with Gasteiger partial charge < -0.3 is 24.4 Å². The number of anilines is 1. The molecule has 2 aliphatic rings. The fourth-order valence-electron chi connectivity index (χ4n) is 5.12. The Morgan fingerprint density at radius 3 is 2.40 bits per heavy atom. The van der Waals surface area contributed by atoms with Crippen LogP contribution in [0.4, 0.5) is 5.69 Å². The second kappa shape index (κ2) is 9.15. The highest BCUT2D eigenvalue weighted by molar-refractivity contribution is 6.31. The molecule has 8 heteroatoms. The van der Waals surface area contributed by atoms with Crippen molar-refractivity contribution in [1.82, 2.24) is 4.90 Å². The van der Waals surface area contributed by atoms with Crippen LogP contribution < -0.4 is 19.5 Å². The zero-order valence-electron chi connectivity index (χ0n) is 19.6. The third-order valence-electron chi connectivity index (χ3n) is 6.73. The Morgan fingerprint density at radius 2 is 1.66 bits per heavy atom. The molecule has 2 heterocycles. The first-order chi connectivity index (χ1) is 17.0. The Labute approximate surface area is 208 Å². The van der Waals surface area contributed by atoms with Crippen LogP contribution >= 0.6 is 11.6 Å². The number of rotatable bonds is 5. The van der Waals surface area contributed by atoms with E-state index >= 15 is 0 Å². The molecular weight excluding hydrogens is 468 g/mol. The average Bonchev–Trinajstić information content (AvgIpc) is 2.88. The summed E-state index contributed by atoms with van der Waals surface area (Å²) in [5, 5.41) is 3.47. The molecule has 3 aromatic rings. The maximum atomic E-state index is 14.0. The molecule has 7 nitrogen and oxygen atoms in total. The number of methoxy groups -OCH3 is 3. The molecule has 0 saturated heterocycles. The lowest BCUT2D eigenvalue weighted by Crippen LogP contribution is -2.49. The lowest BCUT2D eigenvalue weighted by atomic mass is 9.75. The van der Waals surface area contributed by atoms with Crippen LogP contribution in [0, 0.1) is 0 Å². The van der Waals surface area contributed by atoms with Gasteiger partial charge in [0.05, 0.1) is 39.0 Å². The van der Waals surface area contributed by atoms with E-state index in [9.17, 15) is 9.59 Å². The van der Waals surface area contributed by atoms with E-state index in [4.69, 9.17) is 25.8 Å². The van der Waals surface area contributed by atoms with E-state index in [-0.39, 0.29) is 11.8 Å². The minimum Gasteiger partial charge on any atom is -0.495 e. The van der Waals surface area contributed by atoms with Crippen LogP contribution in [0.5, 0.6) is 17.2 Å². The molecule has 0 bridgehead atoms. The number of benzene rings is 3. The molecule has 0 saturated carbocycles. The number of nitrogens with one attached hydrogen (secondary N) is 1. The summed E-state index contributed by atoms with van der Waals surface area (Å²) in [6.45, 7) is 0.491. The van der Waals surface area contributed by atoms with Crippen LogP contribution in [-0.4, -0.2) is 44.6 Å². The lowest BCUT2D eigenvalue weighted by Gasteiger charge is -2.45. The van der Waals surface area contributed by atoms with E-state index in [0.29, 0.717) is 52.1 Å². The number of amides is 2. The first-order valence-electron chi connectivity index (χ1n) is 11.3. The summed E-state index contributed by atoms with van der Waals surface area (Å²) in [5.41, 5.74) is 3.57. The van der Waals surface area contributed by atoms with Crippen LogP contribution in [-0.2, 0) is 11.2 Å². The predicted molar refractivity (Wildman–Crippen MR) is 133 cm³/mol. The highest BCUT2D eigenvalue weighted by Crippen LogP contribution is 2.48. The molecule has 2 amide bonds. The first-order valence-corrected chi connectivity index (χ1v) is 11.6. The highest BCUT2D eigenvalue weighted by Gasteiger charge is 2.46. The number of nitrogens with zero attached hydrogens (tertiary/aromatic N) is 1. The number of fused-ring (bicyclic) bond motifs is 4. The molecule has 3 aromatic carbocycles. The van der Waals surface area contributed by atoms with Crippen molar-refractivity contribution in [3.8, 4) is 17.2 Å². The van der Waals surface area contributed by atoms with Crippen LogP contribution in [0.3, 0.4) is 0 Å². The van der Waals surface area contributed by atoms with Gasteiger partial charge in [0.2, 0.25) is 5.91 Å². The number of hydrogen-bond acceptors (Lipinski definition) is 5. The van der Waals surface area contributed by atoms with Gasteiger partial charge in [0.15, 0.2) is 11.5 Å². The van der Waals surface area contributed by atoms with Crippen molar-refractivity contribution in [3.05, 3.63) is 81.9 Å². The molecule has 2 aliphatic heterocycles. The summed E-state index contributed by atoms with van der Waals surface area (Å²) >= 11 is 6.20. The molecule has 0 aliphatic carbocycles. The normalized spacial score (nSPS) is 18.2. The van der Waals surface area contributed by atoms with Gasteiger partial charge in [0, 0.05) is 17.1 Å². The molecule has 0 fully saturated rings. The molecule has 0 aromatic heterocycles. The summed E-state index contributed by atoms with van der Waals surface area (Å²) in [6.07, 6.45) is 0.649. The van der Waals surface area contributed by atoms with Crippen molar-refractivity contribution in [1.29, 1.82) is 0 Å². The van der Waals surface area contributed by atoms with Gasteiger partial charge in [-0.05, 0) is 59.5 Å². The summed E-state index contributed by atoms with van der Waals surface area (Å²) in [5.74, 6) is 0.653. The number of hydrogen-bond donors (Lipinski definition) is 1. The Kier molecular flexibility index (Phi) is 6.03. The topological polar surface area (TPSA) is 77.1 Å². The van der Waals surface area contributed by atoms with Crippen LogP contribution in [0.15, 0.2) is 54.6 Å². The van der Waals surface area contributed by atoms with Gasteiger partial charge >= 0.3 is 0 Å². The van der Waals surface area contributed by atoms with Gasteiger partial charge in [0.1, 0.15) is 5.75 Å². The number of carbonyl (C=O) groups excluding carboxylic acids is 2. The monoisotopic (exact) mass is 492 g/mol. The summed E-state index contributed by atoms with van der Waals surface area (Å²) in [4.78, 5) is 29.3. The summed E-state index contributed by atoms with van der Waals surface area (Å²) in [7, 11) is 4.70. The first kappa shape index (κ1) is 23.1. The van der Waals surface area contributed by atoms with Crippen LogP contribution in [0.25, 0.3) is 0 Å². The summed E-state index contributed by atoms with van der Waals surface area (Å²) < 4.78 is 16.5. The Bertz CT molecular complexity index is 1320. The van der Waals surface area contributed by atoms with Gasteiger partial charge in [-0.15, -0.1) is 0 Å². The van der Waals surface area contributed by atoms with Crippen molar-refractivity contribution in [3.63, 3.8) is 0 Å². The maximum absolute atomic E-state index is 14.0. The standard InChI is InChI=1S/C27H25ClN2O5/c1-33-21-9-8-16(28)13-20(21)29-26(31)24-17-6-4-5-7-18(17)27(32)30-11-10-15-12-22(34-2)23(35-3)14-19(15)25(24)30/h4-9,12-14,24-25H,10-11H2,1-3H3,(H,29,31)/t24-,25+/m1/s1. The van der Waals surface area contributed by atoms with Crippen LogP contribution in [0.1, 0.15) is 39.0 Å². The fourth-order valence-corrected chi connectivity index (χ4v) is 5.30. The minimum atomic E-state index is -0.662. The quantitative estimate of drug-likeness (QED) is 0.551. The van der Waals surface area contributed by atoms with Crippen molar-refractivity contribution < 1.29 is 23.8 Å². The molecule has 0 unspecified atom stereocenters. The number of ether oxygens (including phenoxy) is 3. The Hall–Kier alpha value is -3.71. The maximum Gasteiger partial charge on any atom is 0.254 e. The second-order valence-electron chi connectivity index (χ2n) is 8.50. The van der Waals surface area contributed by atoms with E-state index in [1.165, 1.54) is 7.11 Å². The van der Waals surface area contributed by atoms with E-state index < -0.39 is 12.0 Å². The predicted octanol–water partition coefficient (Wildman–Crippen LogP) is 4.84. The second-order valence-corrected chi connectivity index (χ2v) is 8.93. The molecule has 0 spiro atoms. The van der Waals surface area contributed by atoms with Gasteiger partial charge in [-0.25, -0.2) is 0 Å². The van der Waals surface area contributed by atoms with Crippen molar-refractivity contribution in [2.45, 2.75) is 18.4 Å². The third kappa shape index (κ3) is 3.86. The van der Waals surface area contributed by atoms with Gasteiger partial charge in [-0.3, -0.25) is 9.59 Å². The molecule has 180 valence electrons. The van der Waals surface area contributed by atoms with Gasteiger partial charge in [-0.1, -0.05) is 29.8 Å².